The molecule has 0 unspecified atom stereocenters. The summed E-state index contributed by atoms with van der Waals surface area (Å²) in [6.07, 6.45) is 0. The summed E-state index contributed by atoms with van der Waals surface area (Å²) in [7, 11) is 0. The van der Waals surface area contributed by atoms with Crippen LogP contribution in [-0.2, 0) is 4.79 Å². The van der Waals surface area contributed by atoms with Crippen molar-refractivity contribution < 1.29 is 9.59 Å². The predicted octanol–water partition coefficient (Wildman–Crippen LogP) is 4.57. The molecule has 1 aromatic carbocycles. The fourth-order valence-electron chi connectivity index (χ4n) is 2.27. The molecule has 2 rings (SSSR count). The number of aryl methyl sites for hydroxylation is 3. The minimum absolute atomic E-state index is 0.0707. The summed E-state index contributed by atoms with van der Waals surface area (Å²) in [5, 5.41) is 5.49. The van der Waals surface area contributed by atoms with Crippen molar-refractivity contribution in [2.45, 2.75) is 20.8 Å². The maximum absolute atomic E-state index is 12.1. The maximum atomic E-state index is 12.1. The number of nitrogens with one attached hydrogen (secondary N) is 2. The van der Waals surface area contributed by atoms with E-state index in [1.54, 1.807) is 6.07 Å². The predicted molar refractivity (Wildman–Crippen MR) is 101 cm³/mol. The Morgan fingerprint density at radius 1 is 1.09 bits per heavy atom. The van der Waals surface area contributed by atoms with E-state index in [0.29, 0.717) is 4.88 Å². The van der Waals surface area contributed by atoms with Gasteiger partial charge in [0.05, 0.1) is 15.2 Å². The Morgan fingerprint density at radius 2 is 1.70 bits per heavy atom. The Kier molecular flexibility index (Phi) is 6.00. The second kappa shape index (κ2) is 7.59. The molecule has 0 bridgehead atoms. The molecule has 0 saturated heterocycles. The molecule has 0 radical (unpaired) electrons. The van der Waals surface area contributed by atoms with Gasteiger partial charge in [0.2, 0.25) is 5.91 Å². The first-order valence-corrected chi connectivity index (χ1v) is 9.29. The van der Waals surface area contributed by atoms with E-state index in [1.807, 2.05) is 32.9 Å². The van der Waals surface area contributed by atoms with Crippen LogP contribution in [0.15, 0.2) is 26.5 Å². The minimum Gasteiger partial charge on any atom is -0.342 e. The molecule has 23 heavy (non-hydrogen) atoms. The van der Waals surface area contributed by atoms with Crippen molar-refractivity contribution in [1.29, 1.82) is 0 Å². The molecule has 2 amide bonds. The number of hydrogen-bond donors (Lipinski definition) is 2. The number of carbonyl (C=O) groups is 2. The molecule has 122 valence electrons. The SMILES string of the molecule is Cc1cc(C)c(NC(=O)CNC(=O)c2cc(Br)c(Br)s2)c(C)c1. The molecular formula is C16H16Br2N2O2S. The van der Waals surface area contributed by atoms with Gasteiger partial charge in [-0.2, -0.15) is 0 Å². The Hall–Kier alpha value is -1.18. The van der Waals surface area contributed by atoms with Crippen molar-refractivity contribution in [3.05, 3.63) is 48.0 Å². The third kappa shape index (κ3) is 4.65. The first-order chi connectivity index (χ1) is 10.8. The zero-order valence-electron chi connectivity index (χ0n) is 12.9. The van der Waals surface area contributed by atoms with E-state index in [2.05, 4.69) is 42.5 Å². The van der Waals surface area contributed by atoms with Gasteiger partial charge in [0.25, 0.3) is 5.91 Å². The first-order valence-electron chi connectivity index (χ1n) is 6.88. The van der Waals surface area contributed by atoms with E-state index in [-0.39, 0.29) is 18.4 Å². The summed E-state index contributed by atoms with van der Waals surface area (Å²) in [5.74, 6) is -0.517. The standard InChI is InChI=1S/C16H16Br2N2O2S/c1-8-4-9(2)14(10(3)5-8)20-13(21)7-19-16(22)12-6-11(17)15(18)23-12/h4-6H,7H2,1-3H3,(H,19,22)(H,20,21). The van der Waals surface area contributed by atoms with Gasteiger partial charge in [-0.25, -0.2) is 0 Å². The smallest absolute Gasteiger partial charge is 0.261 e. The van der Waals surface area contributed by atoms with Gasteiger partial charge < -0.3 is 10.6 Å². The van der Waals surface area contributed by atoms with Crippen LogP contribution < -0.4 is 10.6 Å². The summed E-state index contributed by atoms with van der Waals surface area (Å²) in [5.41, 5.74) is 3.97. The van der Waals surface area contributed by atoms with Crippen molar-refractivity contribution >= 4 is 60.7 Å². The van der Waals surface area contributed by atoms with Gasteiger partial charge in [0.15, 0.2) is 0 Å². The van der Waals surface area contributed by atoms with Crippen LogP contribution in [0.4, 0.5) is 5.69 Å². The van der Waals surface area contributed by atoms with Gasteiger partial charge in [-0.05, 0) is 69.8 Å². The lowest BCUT2D eigenvalue weighted by Gasteiger charge is -2.13. The van der Waals surface area contributed by atoms with Crippen LogP contribution in [0.3, 0.4) is 0 Å². The van der Waals surface area contributed by atoms with Crippen LogP contribution in [0, 0.1) is 20.8 Å². The number of hydrogen-bond acceptors (Lipinski definition) is 3. The summed E-state index contributed by atoms with van der Waals surface area (Å²) in [6, 6.07) is 5.75. The molecule has 0 aliphatic carbocycles. The van der Waals surface area contributed by atoms with Crippen LogP contribution in [0.1, 0.15) is 26.4 Å². The molecule has 1 heterocycles. The van der Waals surface area contributed by atoms with Crippen LogP contribution in [0.25, 0.3) is 0 Å². The fourth-order valence-corrected chi connectivity index (χ4v) is 4.22. The summed E-state index contributed by atoms with van der Waals surface area (Å²) >= 11 is 7.99. The molecule has 0 saturated carbocycles. The lowest BCUT2D eigenvalue weighted by Crippen LogP contribution is -2.32. The lowest BCUT2D eigenvalue weighted by molar-refractivity contribution is -0.115. The molecule has 2 aromatic rings. The van der Waals surface area contributed by atoms with Crippen LogP contribution in [-0.4, -0.2) is 18.4 Å². The highest BCUT2D eigenvalue weighted by atomic mass is 79.9. The molecule has 4 nitrogen and oxygen atoms in total. The van der Waals surface area contributed by atoms with Gasteiger partial charge in [-0.3, -0.25) is 9.59 Å². The molecule has 7 heteroatoms. The Balaban J connectivity index is 1.97. The van der Waals surface area contributed by atoms with E-state index in [0.717, 1.165) is 30.6 Å². The topological polar surface area (TPSA) is 58.2 Å². The largest absolute Gasteiger partial charge is 0.342 e. The Labute approximate surface area is 155 Å². The molecule has 0 atom stereocenters. The average molecular weight is 460 g/mol. The summed E-state index contributed by atoms with van der Waals surface area (Å²) < 4.78 is 1.67. The molecule has 0 aliphatic rings. The molecule has 2 N–H and O–H groups in total. The quantitative estimate of drug-likeness (QED) is 0.703. The average Bonchev–Trinajstić information content (AvgIpc) is 2.80. The number of carbonyl (C=O) groups excluding carboxylic acids is 2. The fraction of sp³-hybridized carbons (Fsp3) is 0.250. The van der Waals surface area contributed by atoms with E-state index in [4.69, 9.17) is 0 Å². The molecule has 0 spiro atoms. The van der Waals surface area contributed by atoms with Gasteiger partial charge in [-0.1, -0.05) is 17.7 Å². The normalized spacial score (nSPS) is 10.5. The molecular weight excluding hydrogens is 444 g/mol. The Morgan fingerprint density at radius 3 is 2.22 bits per heavy atom. The van der Waals surface area contributed by atoms with Gasteiger partial charge >= 0.3 is 0 Å². The third-order valence-corrected chi connectivity index (χ3v) is 6.47. The van der Waals surface area contributed by atoms with Gasteiger partial charge in [0, 0.05) is 10.2 Å². The van der Waals surface area contributed by atoms with Gasteiger partial charge in [0.1, 0.15) is 0 Å². The van der Waals surface area contributed by atoms with Crippen molar-refractivity contribution in [2.75, 3.05) is 11.9 Å². The maximum Gasteiger partial charge on any atom is 0.261 e. The monoisotopic (exact) mass is 458 g/mol. The number of benzene rings is 1. The lowest BCUT2D eigenvalue weighted by atomic mass is 10.1. The third-order valence-electron chi connectivity index (χ3n) is 3.22. The minimum atomic E-state index is -0.270. The van der Waals surface area contributed by atoms with E-state index in [9.17, 15) is 9.59 Å². The zero-order chi connectivity index (χ0) is 17.1. The van der Waals surface area contributed by atoms with Crippen LogP contribution in [0.2, 0.25) is 0 Å². The number of anilines is 1. The summed E-state index contributed by atoms with van der Waals surface area (Å²) in [6.45, 7) is 5.85. The second-order valence-corrected chi connectivity index (χ2v) is 8.46. The highest BCUT2D eigenvalue weighted by Gasteiger charge is 2.14. The molecule has 1 aromatic heterocycles. The van der Waals surface area contributed by atoms with Crippen LogP contribution >= 0.6 is 43.2 Å². The number of rotatable bonds is 4. The molecule has 0 aliphatic heterocycles. The zero-order valence-corrected chi connectivity index (χ0v) is 16.9. The highest BCUT2D eigenvalue weighted by Crippen LogP contribution is 2.32. The molecule has 0 fully saturated rings. The van der Waals surface area contributed by atoms with Crippen molar-refractivity contribution in [1.82, 2.24) is 5.32 Å². The van der Waals surface area contributed by atoms with E-state index in [1.165, 1.54) is 11.3 Å². The van der Waals surface area contributed by atoms with Gasteiger partial charge in [-0.15, -0.1) is 11.3 Å². The highest BCUT2D eigenvalue weighted by molar-refractivity contribution is 9.13. The number of amides is 2. The van der Waals surface area contributed by atoms with Crippen molar-refractivity contribution in [2.24, 2.45) is 0 Å². The Bertz CT molecular complexity index is 729. The van der Waals surface area contributed by atoms with Crippen LogP contribution in [0.5, 0.6) is 0 Å². The summed E-state index contributed by atoms with van der Waals surface area (Å²) in [4.78, 5) is 24.6. The second-order valence-electron chi connectivity index (χ2n) is 5.24. The number of thiophene rings is 1. The van der Waals surface area contributed by atoms with Crippen molar-refractivity contribution in [3.63, 3.8) is 0 Å². The first kappa shape index (κ1) is 18.2. The van der Waals surface area contributed by atoms with E-state index < -0.39 is 0 Å². The van der Waals surface area contributed by atoms with E-state index >= 15 is 0 Å². The van der Waals surface area contributed by atoms with Crippen molar-refractivity contribution in [3.8, 4) is 0 Å². The number of halogens is 2.